The van der Waals surface area contributed by atoms with Gasteiger partial charge in [-0.3, -0.25) is 0 Å². The van der Waals surface area contributed by atoms with Crippen molar-refractivity contribution in [3.8, 4) is 0 Å². The van der Waals surface area contributed by atoms with Gasteiger partial charge in [-0.05, 0) is 25.0 Å². The molecule has 0 heterocycles. The average molecular weight is 314 g/mol. The number of hydrogen-bond acceptors (Lipinski definition) is 3. The van der Waals surface area contributed by atoms with E-state index >= 15 is 0 Å². The van der Waals surface area contributed by atoms with Crippen LogP contribution in [0.1, 0.15) is 19.3 Å². The Morgan fingerprint density at radius 1 is 1.20 bits per heavy atom. The fourth-order valence-corrected chi connectivity index (χ4v) is 2.80. The second-order valence-corrected chi connectivity index (χ2v) is 5.83. The summed E-state index contributed by atoms with van der Waals surface area (Å²) in [5.74, 6) is -1.01. The number of benzene rings is 1. The SMILES string of the molecule is Nc1cccc(F)c1S(=O)(=O)NCCCCC(F)(F)F. The largest absolute Gasteiger partial charge is 0.398 e. The normalized spacial score (nSPS) is 12.6. The molecule has 0 aliphatic carbocycles. The van der Waals surface area contributed by atoms with Crippen LogP contribution in [0.2, 0.25) is 0 Å². The molecule has 0 saturated carbocycles. The third-order valence-corrected chi connectivity index (χ3v) is 4.00. The topological polar surface area (TPSA) is 72.2 Å². The Hall–Kier alpha value is -1.35. The molecular weight excluding hydrogens is 300 g/mol. The summed E-state index contributed by atoms with van der Waals surface area (Å²) in [7, 11) is -4.17. The molecule has 1 aromatic carbocycles. The van der Waals surface area contributed by atoms with E-state index in [1.54, 1.807) is 0 Å². The lowest BCUT2D eigenvalue weighted by Gasteiger charge is -2.10. The Morgan fingerprint density at radius 2 is 1.85 bits per heavy atom. The monoisotopic (exact) mass is 314 g/mol. The smallest absolute Gasteiger partial charge is 0.389 e. The zero-order valence-corrected chi connectivity index (χ0v) is 11.2. The van der Waals surface area contributed by atoms with Gasteiger partial charge in [-0.15, -0.1) is 0 Å². The highest BCUT2D eigenvalue weighted by Gasteiger charge is 2.26. The molecule has 3 N–H and O–H groups in total. The third kappa shape index (κ3) is 4.97. The Balaban J connectivity index is 2.59. The number of nitrogens with one attached hydrogen (secondary N) is 1. The summed E-state index contributed by atoms with van der Waals surface area (Å²) in [6.07, 6.45) is -5.47. The van der Waals surface area contributed by atoms with Crippen molar-refractivity contribution in [2.75, 3.05) is 12.3 Å². The van der Waals surface area contributed by atoms with Crippen LogP contribution in [0.25, 0.3) is 0 Å². The molecule has 1 rings (SSSR count). The third-order valence-electron chi connectivity index (χ3n) is 2.45. The van der Waals surface area contributed by atoms with Crippen molar-refractivity contribution in [3.63, 3.8) is 0 Å². The van der Waals surface area contributed by atoms with Crippen LogP contribution in [0.4, 0.5) is 23.2 Å². The van der Waals surface area contributed by atoms with E-state index in [4.69, 9.17) is 5.73 Å². The highest BCUT2D eigenvalue weighted by Crippen LogP contribution is 2.23. The van der Waals surface area contributed by atoms with Gasteiger partial charge in [0.25, 0.3) is 0 Å². The number of rotatable bonds is 6. The van der Waals surface area contributed by atoms with E-state index in [0.717, 1.165) is 6.07 Å². The van der Waals surface area contributed by atoms with Crippen molar-refractivity contribution in [1.82, 2.24) is 4.72 Å². The molecule has 0 bridgehead atoms. The Bertz CT molecular complexity index is 538. The Morgan fingerprint density at radius 3 is 2.40 bits per heavy atom. The summed E-state index contributed by atoms with van der Waals surface area (Å²) in [6, 6.07) is 3.42. The fraction of sp³-hybridized carbons (Fsp3) is 0.455. The molecule has 20 heavy (non-hydrogen) atoms. The zero-order chi connectivity index (χ0) is 15.4. The van der Waals surface area contributed by atoms with Gasteiger partial charge in [-0.25, -0.2) is 17.5 Å². The molecule has 0 aromatic heterocycles. The van der Waals surface area contributed by atoms with Crippen LogP contribution in [-0.2, 0) is 10.0 Å². The number of halogens is 4. The second kappa shape index (κ2) is 6.40. The van der Waals surface area contributed by atoms with Crippen molar-refractivity contribution in [1.29, 1.82) is 0 Å². The number of hydrogen-bond donors (Lipinski definition) is 2. The zero-order valence-electron chi connectivity index (χ0n) is 10.4. The molecule has 0 amide bonds. The minimum absolute atomic E-state index is 0.00685. The molecule has 0 aliphatic heterocycles. The minimum atomic E-state index is -4.27. The molecule has 0 unspecified atom stereocenters. The van der Waals surface area contributed by atoms with Crippen LogP contribution in [0.5, 0.6) is 0 Å². The minimum Gasteiger partial charge on any atom is -0.398 e. The number of nitrogens with two attached hydrogens (primary N) is 1. The summed E-state index contributed by atoms with van der Waals surface area (Å²) in [5, 5.41) is 0. The van der Waals surface area contributed by atoms with Crippen molar-refractivity contribution in [2.24, 2.45) is 0 Å². The van der Waals surface area contributed by atoms with Gasteiger partial charge in [0.1, 0.15) is 10.7 Å². The van der Waals surface area contributed by atoms with Gasteiger partial charge < -0.3 is 5.73 Å². The van der Waals surface area contributed by atoms with E-state index in [2.05, 4.69) is 0 Å². The first-order valence-electron chi connectivity index (χ1n) is 5.74. The lowest BCUT2D eigenvalue weighted by molar-refractivity contribution is -0.135. The number of alkyl halides is 3. The Labute approximate surface area is 114 Å². The fourth-order valence-electron chi connectivity index (χ4n) is 1.54. The van der Waals surface area contributed by atoms with Crippen LogP contribution >= 0.6 is 0 Å². The predicted molar refractivity (Wildman–Crippen MR) is 65.9 cm³/mol. The van der Waals surface area contributed by atoms with Crippen LogP contribution < -0.4 is 10.5 Å². The van der Waals surface area contributed by atoms with E-state index in [9.17, 15) is 26.0 Å². The van der Waals surface area contributed by atoms with Crippen LogP contribution in [0.3, 0.4) is 0 Å². The molecule has 0 radical (unpaired) electrons. The van der Waals surface area contributed by atoms with Gasteiger partial charge in [0, 0.05) is 13.0 Å². The van der Waals surface area contributed by atoms with Gasteiger partial charge in [0.15, 0.2) is 0 Å². The van der Waals surface area contributed by atoms with E-state index in [1.165, 1.54) is 12.1 Å². The quantitative estimate of drug-likeness (QED) is 0.481. The average Bonchev–Trinajstić information content (AvgIpc) is 2.26. The van der Waals surface area contributed by atoms with Crippen LogP contribution in [0, 0.1) is 5.82 Å². The highest BCUT2D eigenvalue weighted by molar-refractivity contribution is 7.89. The molecule has 9 heteroatoms. The standard InChI is InChI=1S/C11H14F4N2O2S/c12-8-4-3-5-9(16)10(8)20(18,19)17-7-2-1-6-11(13,14)15/h3-5,17H,1-2,6-7,16H2. The number of unbranched alkanes of at least 4 members (excludes halogenated alkanes) is 1. The molecular formula is C11H14F4N2O2S. The Kier molecular flexibility index (Phi) is 5.35. The van der Waals surface area contributed by atoms with E-state index < -0.39 is 33.3 Å². The number of nitrogen functional groups attached to an aromatic ring is 1. The van der Waals surface area contributed by atoms with Gasteiger partial charge >= 0.3 is 6.18 Å². The summed E-state index contributed by atoms with van der Waals surface area (Å²) in [4.78, 5) is -0.684. The van der Waals surface area contributed by atoms with Gasteiger partial charge in [0.2, 0.25) is 10.0 Å². The van der Waals surface area contributed by atoms with Crippen LogP contribution in [-0.4, -0.2) is 21.1 Å². The summed E-state index contributed by atoms with van der Waals surface area (Å²) < 4.78 is 74.7. The molecule has 0 spiro atoms. The molecule has 0 fully saturated rings. The summed E-state index contributed by atoms with van der Waals surface area (Å²) >= 11 is 0. The summed E-state index contributed by atoms with van der Waals surface area (Å²) in [6.45, 7) is -0.216. The first-order valence-corrected chi connectivity index (χ1v) is 7.22. The highest BCUT2D eigenvalue weighted by atomic mass is 32.2. The predicted octanol–water partition coefficient (Wildman–Crippen LogP) is 2.42. The maximum absolute atomic E-state index is 13.4. The second-order valence-electron chi connectivity index (χ2n) is 4.13. The van der Waals surface area contributed by atoms with E-state index in [1.807, 2.05) is 4.72 Å². The number of anilines is 1. The van der Waals surface area contributed by atoms with Crippen molar-refractivity contribution < 1.29 is 26.0 Å². The van der Waals surface area contributed by atoms with Crippen molar-refractivity contribution >= 4 is 15.7 Å². The maximum Gasteiger partial charge on any atom is 0.389 e. The van der Waals surface area contributed by atoms with E-state index in [0.29, 0.717) is 0 Å². The maximum atomic E-state index is 13.4. The van der Waals surface area contributed by atoms with Crippen LogP contribution in [0.15, 0.2) is 23.1 Å². The lowest BCUT2D eigenvalue weighted by Crippen LogP contribution is -2.26. The first-order chi connectivity index (χ1) is 9.13. The molecule has 0 aliphatic rings. The van der Waals surface area contributed by atoms with Crippen molar-refractivity contribution in [2.45, 2.75) is 30.3 Å². The number of sulfonamides is 1. The van der Waals surface area contributed by atoms with Crippen molar-refractivity contribution in [3.05, 3.63) is 24.0 Å². The lowest BCUT2D eigenvalue weighted by atomic mass is 10.2. The molecule has 0 atom stereocenters. The van der Waals surface area contributed by atoms with E-state index in [-0.39, 0.29) is 25.1 Å². The summed E-state index contributed by atoms with van der Waals surface area (Å²) in [5.41, 5.74) is 5.13. The molecule has 0 saturated heterocycles. The van der Waals surface area contributed by atoms with Gasteiger partial charge in [0.05, 0.1) is 5.69 Å². The molecule has 4 nitrogen and oxygen atoms in total. The van der Waals surface area contributed by atoms with Gasteiger partial charge in [-0.1, -0.05) is 6.07 Å². The molecule has 114 valence electrons. The molecule has 1 aromatic rings. The van der Waals surface area contributed by atoms with Gasteiger partial charge in [-0.2, -0.15) is 13.2 Å². The first kappa shape index (κ1) is 16.7.